The molecule has 2 N–H and O–H groups in total. The number of hydrogen-bond donors (Lipinski definition) is 1. The number of rotatable bonds is 6. The second kappa shape index (κ2) is 7.12. The number of hydrogen-bond acceptors (Lipinski definition) is 0. The van der Waals surface area contributed by atoms with Crippen LogP contribution in [0.3, 0.4) is 0 Å². The van der Waals surface area contributed by atoms with Gasteiger partial charge in [-0.05, 0) is 30.7 Å². The lowest BCUT2D eigenvalue weighted by Crippen LogP contribution is -2.83. The van der Waals surface area contributed by atoms with Gasteiger partial charge in [0, 0.05) is 40.3 Å². The third kappa shape index (κ3) is 3.18. The van der Waals surface area contributed by atoms with Gasteiger partial charge in [0.15, 0.2) is 0 Å². The molecule has 126 valence electrons. The van der Waals surface area contributed by atoms with Gasteiger partial charge in [-0.25, -0.2) is 0 Å². The van der Waals surface area contributed by atoms with Gasteiger partial charge in [0.1, 0.15) is 6.54 Å². The molecule has 0 aliphatic heterocycles. The van der Waals surface area contributed by atoms with Gasteiger partial charge in [-0.1, -0.05) is 54.6 Å². The molecule has 2 nitrogen and oxygen atoms in total. The number of para-hydroxylation sites is 1. The lowest BCUT2D eigenvalue weighted by Gasteiger charge is -2.05. The summed E-state index contributed by atoms with van der Waals surface area (Å²) >= 11 is 0. The van der Waals surface area contributed by atoms with Crippen LogP contribution in [0.15, 0.2) is 72.8 Å². The molecule has 25 heavy (non-hydrogen) atoms. The van der Waals surface area contributed by atoms with Crippen LogP contribution in [0, 0.1) is 0 Å². The van der Waals surface area contributed by atoms with Crippen LogP contribution < -0.4 is 5.32 Å². The van der Waals surface area contributed by atoms with E-state index in [4.69, 9.17) is 0 Å². The van der Waals surface area contributed by atoms with E-state index in [1.165, 1.54) is 32.9 Å². The molecule has 1 heterocycles. The summed E-state index contributed by atoms with van der Waals surface area (Å²) in [4.78, 5) is 0. The third-order valence-electron chi connectivity index (χ3n) is 5.01. The van der Waals surface area contributed by atoms with Crippen LogP contribution in [-0.2, 0) is 19.5 Å². The molecule has 0 saturated carbocycles. The fourth-order valence-corrected chi connectivity index (χ4v) is 3.75. The normalized spacial score (nSPS) is 11.4. The number of nitrogens with two attached hydrogens (primary N) is 1. The van der Waals surface area contributed by atoms with Crippen molar-refractivity contribution < 1.29 is 5.32 Å². The number of fused-ring (bicyclic) bond motifs is 3. The molecule has 0 unspecified atom stereocenters. The average Bonchev–Trinajstić information content (AvgIpc) is 2.99. The molecule has 0 spiro atoms. The van der Waals surface area contributed by atoms with Crippen LogP contribution in [0.4, 0.5) is 0 Å². The van der Waals surface area contributed by atoms with Gasteiger partial charge in [-0.3, -0.25) is 0 Å². The number of aryl methyl sites for hydroxylation is 1. The van der Waals surface area contributed by atoms with Gasteiger partial charge in [0.2, 0.25) is 0 Å². The molecule has 4 rings (SSSR count). The van der Waals surface area contributed by atoms with E-state index in [1.807, 2.05) is 0 Å². The molecular formula is C23H25N2+. The second-order valence-corrected chi connectivity index (χ2v) is 6.63. The summed E-state index contributed by atoms with van der Waals surface area (Å²) in [6.45, 7) is 5.39. The summed E-state index contributed by atoms with van der Waals surface area (Å²) in [5.74, 6) is 0. The molecule has 0 radical (unpaired) electrons. The summed E-state index contributed by atoms with van der Waals surface area (Å²) in [5, 5.41) is 5.16. The van der Waals surface area contributed by atoms with Crippen LogP contribution in [0.2, 0.25) is 0 Å². The highest BCUT2D eigenvalue weighted by Crippen LogP contribution is 2.29. The molecule has 0 saturated heterocycles. The Balaban J connectivity index is 1.52. The van der Waals surface area contributed by atoms with Crippen molar-refractivity contribution in [2.24, 2.45) is 0 Å². The molecule has 0 aliphatic rings. The van der Waals surface area contributed by atoms with E-state index >= 15 is 0 Å². The highest BCUT2D eigenvalue weighted by Gasteiger charge is 2.10. The van der Waals surface area contributed by atoms with E-state index < -0.39 is 0 Å². The molecule has 4 aromatic rings. The largest absolute Gasteiger partial charge is 0.342 e. The molecule has 2 heteroatoms. The molecule has 0 fully saturated rings. The minimum Gasteiger partial charge on any atom is -0.342 e. The summed E-state index contributed by atoms with van der Waals surface area (Å²) in [6.07, 6.45) is 1.12. The summed E-state index contributed by atoms with van der Waals surface area (Å²) < 4.78 is 2.41. The maximum Gasteiger partial charge on any atom is 0.101 e. The van der Waals surface area contributed by atoms with Crippen molar-refractivity contribution in [1.29, 1.82) is 0 Å². The van der Waals surface area contributed by atoms with E-state index in [2.05, 4.69) is 89.6 Å². The predicted octanol–water partition coefficient (Wildman–Crippen LogP) is 4.12. The molecule has 1 aromatic heterocycles. The van der Waals surface area contributed by atoms with E-state index in [-0.39, 0.29) is 0 Å². The number of nitrogens with zero attached hydrogens (tertiary/aromatic N) is 1. The van der Waals surface area contributed by atoms with Crippen LogP contribution in [0.5, 0.6) is 0 Å². The first kappa shape index (κ1) is 15.9. The van der Waals surface area contributed by atoms with Gasteiger partial charge >= 0.3 is 0 Å². The van der Waals surface area contributed by atoms with Crippen molar-refractivity contribution in [3.8, 4) is 0 Å². The van der Waals surface area contributed by atoms with Gasteiger partial charge in [-0.2, -0.15) is 0 Å². The van der Waals surface area contributed by atoms with Gasteiger partial charge < -0.3 is 9.88 Å². The third-order valence-corrected chi connectivity index (χ3v) is 5.01. The van der Waals surface area contributed by atoms with Crippen molar-refractivity contribution in [3.63, 3.8) is 0 Å². The number of quaternary nitrogens is 1. The fourth-order valence-electron chi connectivity index (χ4n) is 3.75. The Hall–Kier alpha value is -2.58. The van der Waals surface area contributed by atoms with E-state index in [9.17, 15) is 0 Å². The first-order valence-corrected chi connectivity index (χ1v) is 9.22. The molecule has 0 amide bonds. The Labute approximate surface area is 149 Å². The van der Waals surface area contributed by atoms with E-state index in [0.717, 1.165) is 26.1 Å². The molecule has 0 atom stereocenters. The van der Waals surface area contributed by atoms with Crippen molar-refractivity contribution >= 4 is 21.8 Å². The van der Waals surface area contributed by atoms with Crippen LogP contribution >= 0.6 is 0 Å². The Kier molecular flexibility index (Phi) is 4.53. The zero-order chi connectivity index (χ0) is 17.1. The van der Waals surface area contributed by atoms with Gasteiger partial charge in [-0.15, -0.1) is 0 Å². The highest BCUT2D eigenvalue weighted by atomic mass is 15.0. The summed E-state index contributed by atoms with van der Waals surface area (Å²) in [7, 11) is 0. The monoisotopic (exact) mass is 329 g/mol. The lowest BCUT2D eigenvalue weighted by molar-refractivity contribution is -0.670. The minimum atomic E-state index is 1.01. The Morgan fingerprint density at radius 1 is 0.760 bits per heavy atom. The fraction of sp³-hybridized carbons (Fsp3) is 0.217. The Bertz CT molecular complexity index is 983. The minimum absolute atomic E-state index is 1.01. The quantitative estimate of drug-likeness (QED) is 0.514. The van der Waals surface area contributed by atoms with Crippen molar-refractivity contribution in [1.82, 2.24) is 4.57 Å². The smallest absolute Gasteiger partial charge is 0.101 e. The van der Waals surface area contributed by atoms with Crippen molar-refractivity contribution in [2.75, 3.05) is 6.54 Å². The highest BCUT2D eigenvalue weighted by molar-refractivity contribution is 6.08. The van der Waals surface area contributed by atoms with Crippen molar-refractivity contribution in [3.05, 3.63) is 83.9 Å². The summed E-state index contributed by atoms with van der Waals surface area (Å²) in [5.41, 5.74) is 5.50. The van der Waals surface area contributed by atoms with Crippen LogP contribution in [0.25, 0.3) is 21.8 Å². The second-order valence-electron chi connectivity index (χ2n) is 6.63. The van der Waals surface area contributed by atoms with Crippen LogP contribution in [-0.4, -0.2) is 11.1 Å². The van der Waals surface area contributed by atoms with Gasteiger partial charge in [0.05, 0.1) is 6.54 Å². The number of aromatic nitrogens is 1. The van der Waals surface area contributed by atoms with E-state index in [0.29, 0.717) is 0 Å². The average molecular weight is 329 g/mol. The molecule has 0 bridgehead atoms. The zero-order valence-corrected chi connectivity index (χ0v) is 14.8. The van der Waals surface area contributed by atoms with Crippen LogP contribution in [0.1, 0.15) is 18.1 Å². The zero-order valence-electron chi connectivity index (χ0n) is 14.8. The first-order chi connectivity index (χ1) is 12.4. The first-order valence-electron chi connectivity index (χ1n) is 9.22. The number of benzene rings is 3. The van der Waals surface area contributed by atoms with Crippen molar-refractivity contribution in [2.45, 2.75) is 26.4 Å². The predicted molar refractivity (Wildman–Crippen MR) is 106 cm³/mol. The lowest BCUT2D eigenvalue weighted by atomic mass is 10.1. The van der Waals surface area contributed by atoms with Gasteiger partial charge in [0.25, 0.3) is 0 Å². The maximum absolute atomic E-state index is 2.41. The topological polar surface area (TPSA) is 21.5 Å². The molecule has 3 aromatic carbocycles. The maximum atomic E-state index is 2.41. The summed E-state index contributed by atoms with van der Waals surface area (Å²) in [6, 6.07) is 26.4. The SMILES string of the molecule is CCn1c2ccccc2c2cc(C[NH2+]CCc3ccccc3)ccc21. The standard InChI is InChI=1S/C23H24N2/c1-2-25-22-11-7-6-10-20(22)21-16-19(12-13-23(21)25)17-24-15-14-18-8-4-3-5-9-18/h3-13,16,24H,2,14-15,17H2,1H3/p+1. The van der Waals surface area contributed by atoms with E-state index in [1.54, 1.807) is 0 Å². The molecular weight excluding hydrogens is 304 g/mol. The Morgan fingerprint density at radius 3 is 2.36 bits per heavy atom. The molecule has 0 aliphatic carbocycles. The Morgan fingerprint density at radius 2 is 1.52 bits per heavy atom.